The minimum Gasteiger partial charge on any atom is -0.351 e. The molecule has 0 atom stereocenters. The van der Waals surface area contributed by atoms with Crippen molar-refractivity contribution in [2.24, 2.45) is 0 Å². The first-order valence-corrected chi connectivity index (χ1v) is 8.45. The molecule has 0 saturated carbocycles. The van der Waals surface area contributed by atoms with Crippen LogP contribution in [0.15, 0.2) is 41.7 Å². The second-order valence-corrected chi connectivity index (χ2v) is 6.38. The van der Waals surface area contributed by atoms with Crippen molar-refractivity contribution in [3.63, 3.8) is 0 Å². The van der Waals surface area contributed by atoms with E-state index in [1.807, 2.05) is 12.1 Å². The Bertz CT molecular complexity index is 538. The number of nitrogens with one attached hydrogen (secondary N) is 1. The van der Waals surface area contributed by atoms with E-state index in [1.54, 1.807) is 36.3 Å². The normalized spacial score (nSPS) is 9.75. The molecule has 2 nitrogen and oxygen atoms in total. The zero-order valence-corrected chi connectivity index (χ0v) is 14.4. The number of pyridine rings is 2. The summed E-state index contributed by atoms with van der Waals surface area (Å²) < 4.78 is 0.703. The standard InChI is InChI=1S/C8H9Cl2NS.C5H4ClNS/c9-4-1-5-12-8-3-2-7(10)6-11-8;6-4-1-2-5(8)7-3-4/h2-3,6H,1,4-5H2;1-3H,(H,7,8). The van der Waals surface area contributed by atoms with E-state index in [4.69, 9.17) is 47.0 Å². The molecule has 0 saturated heterocycles. The maximum atomic E-state index is 5.68. The molecule has 20 heavy (non-hydrogen) atoms. The van der Waals surface area contributed by atoms with Gasteiger partial charge in [-0.3, -0.25) is 0 Å². The van der Waals surface area contributed by atoms with E-state index in [1.165, 1.54) is 0 Å². The van der Waals surface area contributed by atoms with Gasteiger partial charge >= 0.3 is 0 Å². The summed E-state index contributed by atoms with van der Waals surface area (Å²) in [6.07, 6.45) is 4.32. The maximum Gasteiger partial charge on any atom is 0.103 e. The number of nitrogens with zero attached hydrogens (tertiary/aromatic N) is 1. The summed E-state index contributed by atoms with van der Waals surface area (Å²) in [5.41, 5.74) is 0. The van der Waals surface area contributed by atoms with Gasteiger partial charge in [0.1, 0.15) is 4.64 Å². The third-order valence-electron chi connectivity index (χ3n) is 1.97. The zero-order chi connectivity index (χ0) is 14.8. The number of hydrogen-bond acceptors (Lipinski definition) is 3. The highest BCUT2D eigenvalue weighted by atomic mass is 35.5. The Morgan fingerprint density at radius 2 is 1.90 bits per heavy atom. The molecule has 0 aromatic carbocycles. The second-order valence-electron chi connectivity index (χ2n) is 3.58. The molecule has 2 heterocycles. The number of alkyl halides is 1. The number of hydrogen-bond donors (Lipinski definition) is 1. The Morgan fingerprint density at radius 1 is 1.15 bits per heavy atom. The van der Waals surface area contributed by atoms with E-state index in [0.717, 1.165) is 17.2 Å². The fourth-order valence-electron chi connectivity index (χ4n) is 1.07. The molecule has 0 fully saturated rings. The Kier molecular flexibility index (Phi) is 9.31. The lowest BCUT2D eigenvalue weighted by atomic mass is 10.5. The molecule has 0 unspecified atom stereocenters. The summed E-state index contributed by atoms with van der Waals surface area (Å²) in [6, 6.07) is 7.26. The van der Waals surface area contributed by atoms with E-state index >= 15 is 0 Å². The molecule has 1 N–H and O–H groups in total. The van der Waals surface area contributed by atoms with Gasteiger partial charge in [0.05, 0.1) is 15.1 Å². The van der Waals surface area contributed by atoms with E-state index < -0.39 is 0 Å². The van der Waals surface area contributed by atoms with Crippen LogP contribution in [0.25, 0.3) is 0 Å². The first-order valence-electron chi connectivity index (χ1n) is 5.76. The van der Waals surface area contributed by atoms with Gasteiger partial charge in [0.25, 0.3) is 0 Å². The van der Waals surface area contributed by atoms with Crippen molar-refractivity contribution < 1.29 is 0 Å². The second kappa shape index (κ2) is 10.5. The Hall–Kier alpha value is -0.260. The molecule has 0 radical (unpaired) electrons. The zero-order valence-electron chi connectivity index (χ0n) is 10.5. The third kappa shape index (κ3) is 8.12. The van der Waals surface area contributed by atoms with Crippen LogP contribution < -0.4 is 0 Å². The quantitative estimate of drug-likeness (QED) is 0.318. The van der Waals surface area contributed by atoms with Crippen LogP contribution in [-0.2, 0) is 0 Å². The molecule has 2 rings (SSSR count). The summed E-state index contributed by atoms with van der Waals surface area (Å²) in [5.74, 6) is 1.72. The molecule has 108 valence electrons. The van der Waals surface area contributed by atoms with Gasteiger partial charge in [-0.2, -0.15) is 0 Å². The smallest absolute Gasteiger partial charge is 0.103 e. The summed E-state index contributed by atoms with van der Waals surface area (Å²) in [5, 5.41) is 2.36. The van der Waals surface area contributed by atoms with Gasteiger partial charge in [-0.25, -0.2) is 4.98 Å². The monoisotopic (exact) mass is 366 g/mol. The molecule has 2 aromatic heterocycles. The number of halogens is 3. The lowest BCUT2D eigenvalue weighted by Crippen LogP contribution is -1.83. The van der Waals surface area contributed by atoms with Gasteiger partial charge in [-0.05, 0) is 30.7 Å². The molecule has 7 heteroatoms. The van der Waals surface area contributed by atoms with Crippen LogP contribution in [0.5, 0.6) is 0 Å². The van der Waals surface area contributed by atoms with E-state index in [9.17, 15) is 0 Å². The van der Waals surface area contributed by atoms with Crippen LogP contribution in [0.1, 0.15) is 6.42 Å². The molecule has 0 bridgehead atoms. The number of H-pyrrole nitrogens is 1. The Balaban J connectivity index is 0.000000217. The first kappa shape index (κ1) is 17.8. The summed E-state index contributed by atoms with van der Waals surface area (Å²) >= 11 is 23.2. The van der Waals surface area contributed by atoms with Crippen molar-refractivity contribution in [1.82, 2.24) is 9.97 Å². The maximum absolute atomic E-state index is 5.68. The van der Waals surface area contributed by atoms with Crippen molar-refractivity contribution >= 4 is 58.8 Å². The van der Waals surface area contributed by atoms with Gasteiger partial charge < -0.3 is 4.98 Å². The Morgan fingerprint density at radius 3 is 2.40 bits per heavy atom. The predicted octanol–water partition coefficient (Wildman–Crippen LogP) is 5.85. The van der Waals surface area contributed by atoms with Crippen LogP contribution in [0, 0.1) is 4.64 Å². The van der Waals surface area contributed by atoms with Crippen LogP contribution in [-0.4, -0.2) is 21.6 Å². The summed E-state index contributed by atoms with van der Waals surface area (Å²) in [6.45, 7) is 0. The highest BCUT2D eigenvalue weighted by molar-refractivity contribution is 7.99. The van der Waals surface area contributed by atoms with Crippen molar-refractivity contribution in [2.45, 2.75) is 11.4 Å². The number of aromatic amines is 1. The highest BCUT2D eigenvalue weighted by Gasteiger charge is 1.94. The van der Waals surface area contributed by atoms with Crippen LogP contribution in [0.4, 0.5) is 0 Å². The van der Waals surface area contributed by atoms with Crippen LogP contribution >= 0.6 is 58.8 Å². The lowest BCUT2D eigenvalue weighted by Gasteiger charge is -1.97. The number of thioether (sulfide) groups is 1. The third-order valence-corrected chi connectivity index (χ3v) is 3.98. The minimum atomic E-state index is 0.677. The largest absolute Gasteiger partial charge is 0.351 e. The molecular weight excluding hydrogens is 355 g/mol. The van der Waals surface area contributed by atoms with E-state index in [2.05, 4.69) is 9.97 Å². The van der Waals surface area contributed by atoms with Crippen molar-refractivity contribution in [3.05, 3.63) is 51.3 Å². The van der Waals surface area contributed by atoms with Crippen LogP contribution in [0.3, 0.4) is 0 Å². The number of rotatable bonds is 4. The average molecular weight is 368 g/mol. The van der Waals surface area contributed by atoms with Crippen molar-refractivity contribution in [3.8, 4) is 0 Å². The fourth-order valence-corrected chi connectivity index (χ4v) is 2.51. The Labute approximate surface area is 142 Å². The molecule has 0 aliphatic carbocycles. The van der Waals surface area contributed by atoms with Gasteiger partial charge in [0.15, 0.2) is 0 Å². The highest BCUT2D eigenvalue weighted by Crippen LogP contribution is 2.17. The summed E-state index contributed by atoms with van der Waals surface area (Å²) in [7, 11) is 0. The molecule has 2 aromatic rings. The molecular formula is C13H13Cl3N2S2. The fraction of sp³-hybridized carbons (Fsp3) is 0.231. The van der Waals surface area contributed by atoms with Gasteiger partial charge in [0, 0.05) is 24.0 Å². The van der Waals surface area contributed by atoms with Crippen molar-refractivity contribution in [1.29, 1.82) is 0 Å². The van der Waals surface area contributed by atoms with E-state index in [0.29, 0.717) is 20.6 Å². The molecule has 0 amide bonds. The van der Waals surface area contributed by atoms with Crippen LogP contribution in [0.2, 0.25) is 10.0 Å². The lowest BCUT2D eigenvalue weighted by molar-refractivity contribution is 1.09. The first-order chi connectivity index (χ1) is 9.61. The molecule has 0 aliphatic heterocycles. The van der Waals surface area contributed by atoms with Gasteiger partial charge in [-0.1, -0.05) is 35.4 Å². The van der Waals surface area contributed by atoms with Crippen molar-refractivity contribution in [2.75, 3.05) is 11.6 Å². The summed E-state index contributed by atoms with van der Waals surface area (Å²) in [4.78, 5) is 6.92. The average Bonchev–Trinajstić information content (AvgIpc) is 2.45. The van der Waals surface area contributed by atoms with E-state index in [-0.39, 0.29) is 0 Å². The minimum absolute atomic E-state index is 0.677. The molecule has 0 spiro atoms. The SMILES string of the molecule is ClCCCSc1ccc(Cl)cn1.S=c1ccc(Cl)c[nH]1. The molecule has 0 aliphatic rings. The number of aromatic nitrogens is 2. The van der Waals surface area contributed by atoms with Gasteiger partial charge in [-0.15, -0.1) is 23.4 Å². The topological polar surface area (TPSA) is 28.7 Å². The van der Waals surface area contributed by atoms with Gasteiger partial charge in [0.2, 0.25) is 0 Å². The predicted molar refractivity (Wildman–Crippen MR) is 91.9 cm³/mol.